The van der Waals surface area contributed by atoms with Crippen molar-refractivity contribution in [3.8, 4) is 0 Å². The van der Waals surface area contributed by atoms with E-state index in [-0.39, 0.29) is 30.6 Å². The van der Waals surface area contributed by atoms with Crippen LogP contribution in [0.3, 0.4) is 0 Å². The van der Waals surface area contributed by atoms with Gasteiger partial charge in [0, 0.05) is 22.4 Å². The van der Waals surface area contributed by atoms with Crippen LogP contribution < -0.4 is 0 Å². The van der Waals surface area contributed by atoms with Crippen molar-refractivity contribution in [2.45, 2.75) is 26.3 Å². The zero-order valence-electron chi connectivity index (χ0n) is 12.2. The standard InChI is InChI=1S/C15H16BrFN2O3/c1-8(2)19(4-3-14(20)21)15(22)13-7-10-11(17)5-9(16)6-12(10)18-13/h5-8,18H,3-4H2,1-2H3,(H,20,21). The zero-order valence-corrected chi connectivity index (χ0v) is 13.8. The second-order valence-corrected chi connectivity index (χ2v) is 6.18. The van der Waals surface area contributed by atoms with E-state index in [1.165, 1.54) is 17.0 Å². The largest absolute Gasteiger partial charge is 0.481 e. The lowest BCUT2D eigenvalue weighted by atomic mass is 10.2. The van der Waals surface area contributed by atoms with Gasteiger partial charge in [0.15, 0.2) is 0 Å². The third kappa shape index (κ3) is 3.47. The fourth-order valence-corrected chi connectivity index (χ4v) is 2.67. The summed E-state index contributed by atoms with van der Waals surface area (Å²) in [6, 6.07) is 4.31. The summed E-state index contributed by atoms with van der Waals surface area (Å²) in [7, 11) is 0. The third-order valence-electron chi connectivity index (χ3n) is 3.33. The minimum Gasteiger partial charge on any atom is -0.481 e. The number of aliphatic carboxylic acids is 1. The van der Waals surface area contributed by atoms with E-state index in [4.69, 9.17) is 5.11 Å². The summed E-state index contributed by atoms with van der Waals surface area (Å²) < 4.78 is 14.5. The van der Waals surface area contributed by atoms with Crippen LogP contribution in [-0.2, 0) is 4.79 Å². The summed E-state index contributed by atoms with van der Waals surface area (Å²) in [6.45, 7) is 3.71. The molecular weight excluding hydrogens is 355 g/mol. The van der Waals surface area contributed by atoms with Crippen molar-refractivity contribution < 1.29 is 19.1 Å². The number of nitrogens with zero attached hydrogens (tertiary/aromatic N) is 1. The molecule has 0 saturated heterocycles. The van der Waals surface area contributed by atoms with Crippen molar-refractivity contribution in [3.63, 3.8) is 0 Å². The van der Waals surface area contributed by atoms with E-state index in [1.54, 1.807) is 19.9 Å². The normalized spacial score (nSPS) is 11.1. The maximum atomic E-state index is 13.9. The molecule has 0 bridgehead atoms. The molecule has 1 aromatic heterocycles. The molecule has 0 fully saturated rings. The van der Waals surface area contributed by atoms with Crippen molar-refractivity contribution in [2.75, 3.05) is 6.54 Å². The van der Waals surface area contributed by atoms with Gasteiger partial charge in [-0.3, -0.25) is 9.59 Å². The van der Waals surface area contributed by atoms with Crippen molar-refractivity contribution in [2.24, 2.45) is 0 Å². The van der Waals surface area contributed by atoms with Gasteiger partial charge in [-0.25, -0.2) is 4.39 Å². The lowest BCUT2D eigenvalue weighted by molar-refractivity contribution is -0.137. The van der Waals surface area contributed by atoms with Crippen LogP contribution in [0.25, 0.3) is 10.9 Å². The molecule has 0 aliphatic carbocycles. The topological polar surface area (TPSA) is 73.4 Å². The Bertz CT molecular complexity index is 727. The smallest absolute Gasteiger partial charge is 0.305 e. The highest BCUT2D eigenvalue weighted by molar-refractivity contribution is 9.10. The molecule has 0 radical (unpaired) electrons. The highest BCUT2D eigenvalue weighted by Crippen LogP contribution is 2.24. The monoisotopic (exact) mass is 370 g/mol. The number of rotatable bonds is 5. The van der Waals surface area contributed by atoms with Crippen LogP contribution in [0.5, 0.6) is 0 Å². The lowest BCUT2D eigenvalue weighted by Gasteiger charge is -2.25. The Labute approximate surface area is 135 Å². The molecule has 22 heavy (non-hydrogen) atoms. The van der Waals surface area contributed by atoms with E-state index in [0.717, 1.165) is 0 Å². The van der Waals surface area contributed by atoms with Gasteiger partial charge in [-0.2, -0.15) is 0 Å². The Balaban J connectivity index is 2.34. The molecule has 0 spiro atoms. The van der Waals surface area contributed by atoms with E-state index >= 15 is 0 Å². The van der Waals surface area contributed by atoms with Crippen molar-refractivity contribution in [1.29, 1.82) is 0 Å². The quantitative estimate of drug-likeness (QED) is 0.846. The van der Waals surface area contributed by atoms with E-state index in [2.05, 4.69) is 20.9 Å². The van der Waals surface area contributed by atoms with Crippen LogP contribution in [0, 0.1) is 5.82 Å². The van der Waals surface area contributed by atoms with E-state index < -0.39 is 11.8 Å². The summed E-state index contributed by atoms with van der Waals surface area (Å²) in [5.74, 6) is -1.74. The number of carbonyl (C=O) groups is 2. The first-order chi connectivity index (χ1) is 10.3. The SMILES string of the molecule is CC(C)N(CCC(=O)O)C(=O)c1cc2c(F)cc(Br)cc2[nH]1. The number of H-pyrrole nitrogens is 1. The van der Waals surface area contributed by atoms with E-state index in [9.17, 15) is 14.0 Å². The Morgan fingerprint density at radius 3 is 2.64 bits per heavy atom. The van der Waals surface area contributed by atoms with Gasteiger partial charge in [0.1, 0.15) is 11.5 Å². The average Bonchev–Trinajstić information content (AvgIpc) is 2.82. The maximum absolute atomic E-state index is 13.9. The average molecular weight is 371 g/mol. The highest BCUT2D eigenvalue weighted by atomic mass is 79.9. The molecule has 0 saturated carbocycles. The van der Waals surface area contributed by atoms with Gasteiger partial charge in [0.2, 0.25) is 0 Å². The molecule has 1 amide bonds. The summed E-state index contributed by atoms with van der Waals surface area (Å²) >= 11 is 3.20. The Morgan fingerprint density at radius 2 is 2.05 bits per heavy atom. The molecule has 5 nitrogen and oxygen atoms in total. The lowest BCUT2D eigenvalue weighted by Crippen LogP contribution is -2.38. The predicted molar refractivity (Wildman–Crippen MR) is 84.4 cm³/mol. The van der Waals surface area contributed by atoms with Gasteiger partial charge in [0.25, 0.3) is 5.91 Å². The maximum Gasteiger partial charge on any atom is 0.305 e. The fraction of sp³-hybridized carbons (Fsp3) is 0.333. The number of carboxylic acid groups (broad SMARTS) is 1. The van der Waals surface area contributed by atoms with Gasteiger partial charge in [-0.05, 0) is 32.0 Å². The molecule has 0 atom stereocenters. The number of hydrogen-bond acceptors (Lipinski definition) is 2. The van der Waals surface area contributed by atoms with Crippen LogP contribution in [0.15, 0.2) is 22.7 Å². The first kappa shape index (κ1) is 16.5. The van der Waals surface area contributed by atoms with Crippen LogP contribution in [0.4, 0.5) is 4.39 Å². The molecule has 0 aliphatic heterocycles. The molecule has 2 N–H and O–H groups in total. The second-order valence-electron chi connectivity index (χ2n) is 5.27. The zero-order chi connectivity index (χ0) is 16.4. The number of aromatic amines is 1. The molecule has 7 heteroatoms. The number of carboxylic acids is 1. The van der Waals surface area contributed by atoms with Gasteiger partial charge in [-0.15, -0.1) is 0 Å². The molecule has 1 aromatic carbocycles. The number of amides is 1. The minimum atomic E-state index is -0.968. The molecular formula is C15H16BrFN2O3. The summed E-state index contributed by atoms with van der Waals surface area (Å²) in [6.07, 6.45) is -0.135. The van der Waals surface area contributed by atoms with Gasteiger partial charge < -0.3 is 15.0 Å². The van der Waals surface area contributed by atoms with E-state index in [0.29, 0.717) is 15.4 Å². The molecule has 0 aliphatic rings. The van der Waals surface area contributed by atoms with E-state index in [1.807, 2.05) is 0 Å². The summed E-state index contributed by atoms with van der Waals surface area (Å²) in [5, 5.41) is 9.10. The number of benzene rings is 1. The molecule has 0 unspecified atom stereocenters. The summed E-state index contributed by atoms with van der Waals surface area (Å²) in [5.41, 5.74) is 0.753. The van der Waals surface area contributed by atoms with Gasteiger partial charge >= 0.3 is 5.97 Å². The van der Waals surface area contributed by atoms with Crippen LogP contribution in [0.1, 0.15) is 30.8 Å². The minimum absolute atomic E-state index is 0.105. The molecule has 2 aromatic rings. The fourth-order valence-electron chi connectivity index (χ4n) is 2.24. The number of halogens is 2. The van der Waals surface area contributed by atoms with Gasteiger partial charge in [0.05, 0.1) is 11.9 Å². The first-order valence-electron chi connectivity index (χ1n) is 6.80. The van der Waals surface area contributed by atoms with Crippen LogP contribution in [-0.4, -0.2) is 39.5 Å². The van der Waals surface area contributed by atoms with Crippen molar-refractivity contribution in [1.82, 2.24) is 9.88 Å². The molecule has 118 valence electrons. The number of hydrogen-bond donors (Lipinski definition) is 2. The molecule has 2 rings (SSSR count). The Morgan fingerprint density at radius 1 is 1.36 bits per heavy atom. The number of aromatic nitrogens is 1. The van der Waals surface area contributed by atoms with Crippen molar-refractivity contribution >= 4 is 38.7 Å². The van der Waals surface area contributed by atoms with Gasteiger partial charge in [-0.1, -0.05) is 15.9 Å². The summed E-state index contributed by atoms with van der Waals surface area (Å²) in [4.78, 5) is 27.6. The van der Waals surface area contributed by atoms with Crippen molar-refractivity contribution in [3.05, 3.63) is 34.2 Å². The Kier molecular flexibility index (Phi) is 4.85. The first-order valence-corrected chi connectivity index (χ1v) is 7.59. The number of carbonyl (C=O) groups excluding carboxylic acids is 1. The Hall–Kier alpha value is -1.89. The van der Waals surface area contributed by atoms with Crippen LogP contribution >= 0.6 is 15.9 Å². The highest BCUT2D eigenvalue weighted by Gasteiger charge is 2.22. The number of nitrogens with one attached hydrogen (secondary N) is 1. The third-order valence-corrected chi connectivity index (χ3v) is 3.79. The number of fused-ring (bicyclic) bond motifs is 1. The predicted octanol–water partition coefficient (Wildman–Crippen LogP) is 3.39. The van der Waals surface area contributed by atoms with Crippen LogP contribution in [0.2, 0.25) is 0 Å². The second kappa shape index (κ2) is 6.48. The molecule has 1 heterocycles.